The molecule has 6 nitrogen and oxygen atoms in total. The largest absolute Gasteiger partial charge is 0.493 e. The standard InChI is InChI=1S/C18H25N3O3S/c1-12(2)10-20(14-6-7-14)11-21-18(25)24-17(19-21)13-5-8-15(22-3)16(9-13)23-4/h5,8-9,12,14H,6-7,10-11H2,1-4H3. The molecule has 25 heavy (non-hydrogen) atoms. The molecule has 1 heterocycles. The number of hydrogen-bond donors (Lipinski definition) is 0. The summed E-state index contributed by atoms with van der Waals surface area (Å²) in [6.07, 6.45) is 2.50. The van der Waals surface area contributed by atoms with E-state index in [1.165, 1.54) is 12.8 Å². The lowest BCUT2D eigenvalue weighted by atomic mass is 10.2. The molecule has 1 aliphatic rings. The van der Waals surface area contributed by atoms with Crippen molar-refractivity contribution in [1.29, 1.82) is 0 Å². The summed E-state index contributed by atoms with van der Waals surface area (Å²) >= 11 is 5.37. The molecule has 0 radical (unpaired) electrons. The third kappa shape index (κ3) is 4.22. The zero-order valence-corrected chi connectivity index (χ0v) is 16.0. The normalized spacial score (nSPS) is 14.3. The predicted molar refractivity (Wildman–Crippen MR) is 98.4 cm³/mol. The second-order valence-electron chi connectivity index (χ2n) is 6.78. The van der Waals surface area contributed by atoms with Gasteiger partial charge in [-0.3, -0.25) is 4.90 Å². The maximum absolute atomic E-state index is 5.72. The summed E-state index contributed by atoms with van der Waals surface area (Å²) in [7, 11) is 3.22. The van der Waals surface area contributed by atoms with Crippen molar-refractivity contribution in [3.05, 3.63) is 23.0 Å². The van der Waals surface area contributed by atoms with Gasteiger partial charge in [-0.05, 0) is 49.2 Å². The highest BCUT2D eigenvalue weighted by atomic mass is 32.1. The van der Waals surface area contributed by atoms with Crippen LogP contribution in [-0.2, 0) is 6.67 Å². The SMILES string of the molecule is COc1ccc(-c2nn(CN(CC(C)C)C3CC3)c(=S)o2)cc1OC. The van der Waals surface area contributed by atoms with Crippen molar-refractivity contribution in [2.24, 2.45) is 5.92 Å². The minimum atomic E-state index is 0.388. The lowest BCUT2D eigenvalue weighted by Crippen LogP contribution is -2.32. The summed E-state index contributed by atoms with van der Waals surface area (Å²) in [4.78, 5) is 2.82. The van der Waals surface area contributed by atoms with E-state index in [4.69, 9.17) is 26.1 Å². The van der Waals surface area contributed by atoms with Crippen molar-refractivity contribution in [2.45, 2.75) is 39.4 Å². The Morgan fingerprint density at radius 2 is 2.00 bits per heavy atom. The molecule has 0 bridgehead atoms. The molecule has 7 heteroatoms. The van der Waals surface area contributed by atoms with E-state index in [0.717, 1.165) is 12.1 Å². The molecule has 0 amide bonds. The summed E-state index contributed by atoms with van der Waals surface area (Å²) in [5, 5.41) is 4.58. The van der Waals surface area contributed by atoms with Crippen LogP contribution < -0.4 is 9.47 Å². The zero-order valence-electron chi connectivity index (χ0n) is 15.2. The Bertz CT molecular complexity index is 780. The highest BCUT2D eigenvalue weighted by Gasteiger charge is 2.30. The molecule has 0 N–H and O–H groups in total. The van der Waals surface area contributed by atoms with Gasteiger partial charge in [-0.25, -0.2) is 4.68 Å². The van der Waals surface area contributed by atoms with Gasteiger partial charge in [0.1, 0.15) is 0 Å². The monoisotopic (exact) mass is 363 g/mol. The Morgan fingerprint density at radius 1 is 1.28 bits per heavy atom. The zero-order chi connectivity index (χ0) is 18.0. The number of hydrogen-bond acceptors (Lipinski definition) is 6. The summed E-state index contributed by atoms with van der Waals surface area (Å²) in [6.45, 7) is 6.16. The molecule has 1 saturated carbocycles. The fourth-order valence-electron chi connectivity index (χ4n) is 2.88. The molecule has 1 aromatic heterocycles. The molecular weight excluding hydrogens is 338 g/mol. The second kappa shape index (κ2) is 7.58. The van der Waals surface area contributed by atoms with E-state index >= 15 is 0 Å². The first-order valence-corrected chi connectivity index (χ1v) is 8.97. The summed E-state index contributed by atoms with van der Waals surface area (Å²) in [5.74, 6) is 2.40. The molecule has 1 aliphatic carbocycles. The van der Waals surface area contributed by atoms with Gasteiger partial charge in [0.25, 0.3) is 4.84 Å². The molecule has 1 aromatic carbocycles. The van der Waals surface area contributed by atoms with Crippen LogP contribution >= 0.6 is 12.2 Å². The molecule has 0 unspecified atom stereocenters. The van der Waals surface area contributed by atoms with Crippen LogP contribution in [0.3, 0.4) is 0 Å². The Morgan fingerprint density at radius 3 is 2.60 bits per heavy atom. The van der Waals surface area contributed by atoms with Gasteiger partial charge >= 0.3 is 0 Å². The average Bonchev–Trinajstić information content (AvgIpc) is 3.38. The fraction of sp³-hybridized carbons (Fsp3) is 0.556. The van der Waals surface area contributed by atoms with Crippen molar-refractivity contribution in [3.8, 4) is 23.0 Å². The maximum Gasteiger partial charge on any atom is 0.288 e. The maximum atomic E-state index is 5.72. The highest BCUT2D eigenvalue weighted by molar-refractivity contribution is 7.71. The first kappa shape index (κ1) is 17.9. The summed E-state index contributed by atoms with van der Waals surface area (Å²) in [6, 6.07) is 6.21. The second-order valence-corrected chi connectivity index (χ2v) is 7.13. The van der Waals surface area contributed by atoms with Crippen LogP contribution in [0.1, 0.15) is 26.7 Å². The van der Waals surface area contributed by atoms with Crippen LogP contribution in [0.2, 0.25) is 0 Å². The fourth-order valence-corrected chi connectivity index (χ4v) is 3.06. The first-order valence-electron chi connectivity index (χ1n) is 8.56. The van der Waals surface area contributed by atoms with E-state index in [-0.39, 0.29) is 0 Å². The Labute approximate surface area is 153 Å². The Balaban J connectivity index is 1.83. The molecule has 0 spiro atoms. The number of aromatic nitrogens is 2. The van der Waals surface area contributed by atoms with E-state index in [9.17, 15) is 0 Å². The quantitative estimate of drug-likeness (QED) is 0.662. The average molecular weight is 363 g/mol. The van der Waals surface area contributed by atoms with Gasteiger partial charge in [-0.1, -0.05) is 13.8 Å². The van der Waals surface area contributed by atoms with E-state index < -0.39 is 0 Å². The molecular formula is C18H25N3O3S. The van der Waals surface area contributed by atoms with Gasteiger partial charge in [0.05, 0.1) is 20.9 Å². The van der Waals surface area contributed by atoms with Crippen molar-refractivity contribution in [1.82, 2.24) is 14.7 Å². The van der Waals surface area contributed by atoms with Crippen LogP contribution in [-0.4, -0.2) is 41.5 Å². The summed E-state index contributed by atoms with van der Waals surface area (Å²) in [5.41, 5.74) is 0.810. The van der Waals surface area contributed by atoms with Crippen LogP contribution in [0, 0.1) is 10.8 Å². The lowest BCUT2D eigenvalue weighted by Gasteiger charge is -2.23. The molecule has 0 saturated heterocycles. The van der Waals surface area contributed by atoms with Crippen molar-refractivity contribution in [2.75, 3.05) is 20.8 Å². The number of nitrogens with zero attached hydrogens (tertiary/aromatic N) is 3. The van der Waals surface area contributed by atoms with Gasteiger partial charge in [0.2, 0.25) is 5.89 Å². The van der Waals surface area contributed by atoms with Gasteiger partial charge in [0.15, 0.2) is 11.5 Å². The highest BCUT2D eigenvalue weighted by Crippen LogP contribution is 2.32. The molecule has 1 fully saturated rings. The van der Waals surface area contributed by atoms with Crippen LogP contribution in [0.5, 0.6) is 11.5 Å². The van der Waals surface area contributed by atoms with Crippen molar-refractivity contribution < 1.29 is 13.9 Å². The van der Waals surface area contributed by atoms with Crippen molar-refractivity contribution in [3.63, 3.8) is 0 Å². The molecule has 2 aromatic rings. The number of methoxy groups -OCH3 is 2. The van der Waals surface area contributed by atoms with Gasteiger partial charge in [-0.15, -0.1) is 5.10 Å². The minimum absolute atomic E-state index is 0.388. The third-order valence-corrected chi connectivity index (χ3v) is 4.51. The van der Waals surface area contributed by atoms with Crippen LogP contribution in [0.25, 0.3) is 11.5 Å². The first-order chi connectivity index (χ1) is 12.0. The lowest BCUT2D eigenvalue weighted by molar-refractivity contribution is 0.172. The van der Waals surface area contributed by atoms with Crippen LogP contribution in [0.4, 0.5) is 0 Å². The van der Waals surface area contributed by atoms with E-state index in [2.05, 4.69) is 23.8 Å². The molecule has 0 atom stereocenters. The van der Waals surface area contributed by atoms with Gasteiger partial charge in [-0.2, -0.15) is 0 Å². The topological polar surface area (TPSA) is 52.7 Å². The Hall–Kier alpha value is -1.86. The van der Waals surface area contributed by atoms with Gasteiger partial charge in [0, 0.05) is 18.2 Å². The van der Waals surface area contributed by atoms with Crippen LogP contribution in [0.15, 0.2) is 22.6 Å². The van der Waals surface area contributed by atoms with Crippen molar-refractivity contribution >= 4 is 12.2 Å². The minimum Gasteiger partial charge on any atom is -0.493 e. The molecule has 0 aliphatic heterocycles. The predicted octanol–water partition coefficient (Wildman–Crippen LogP) is 3.97. The number of benzene rings is 1. The van der Waals surface area contributed by atoms with E-state index in [1.54, 1.807) is 18.9 Å². The third-order valence-electron chi connectivity index (χ3n) is 4.22. The number of ether oxygens (including phenoxy) is 2. The molecule has 3 rings (SSSR count). The smallest absolute Gasteiger partial charge is 0.288 e. The van der Waals surface area contributed by atoms with E-state index in [1.807, 2.05) is 18.2 Å². The summed E-state index contributed by atoms with van der Waals surface area (Å²) < 4.78 is 18.1. The molecule has 136 valence electrons. The number of rotatable bonds is 8. The van der Waals surface area contributed by atoms with Gasteiger partial charge < -0.3 is 13.9 Å². The Kier molecular flexibility index (Phi) is 5.44. The van der Waals surface area contributed by atoms with E-state index in [0.29, 0.717) is 40.9 Å².